The highest BCUT2D eigenvalue weighted by Crippen LogP contribution is 2.31. The Bertz CT molecular complexity index is 1120. The fourth-order valence-corrected chi connectivity index (χ4v) is 4.08. The first-order valence-corrected chi connectivity index (χ1v) is 9.93. The summed E-state index contributed by atoms with van der Waals surface area (Å²) in [6.07, 6.45) is -0.951. The molecule has 2 aliphatic rings. The number of benzene rings is 1. The summed E-state index contributed by atoms with van der Waals surface area (Å²) in [5.74, 6) is 0.693. The standard InChI is InChI=1S/C19H18ClF2N7O/c20-19-25-17(28-8-13(9-28)27-5-4-23-15(30)10-27)14-7-24-29(18(14)26-19)12-3-1-2-11(6-12)16(21)22/h1-3,6-7,13,16H,4-5,8-10H2,(H,23,30). The topological polar surface area (TPSA) is 79.2 Å². The number of carbonyl (C=O) groups is 1. The summed E-state index contributed by atoms with van der Waals surface area (Å²) >= 11 is 6.18. The number of carbonyl (C=O) groups excluding carboxylic acids is 1. The highest BCUT2D eigenvalue weighted by molar-refractivity contribution is 6.28. The van der Waals surface area contributed by atoms with Crippen LogP contribution in [0.4, 0.5) is 14.6 Å². The van der Waals surface area contributed by atoms with Crippen molar-refractivity contribution in [2.24, 2.45) is 0 Å². The van der Waals surface area contributed by atoms with Gasteiger partial charge in [-0.15, -0.1) is 0 Å². The van der Waals surface area contributed by atoms with Gasteiger partial charge < -0.3 is 10.2 Å². The molecule has 0 aliphatic carbocycles. The minimum atomic E-state index is -2.57. The van der Waals surface area contributed by atoms with Gasteiger partial charge in [-0.05, 0) is 23.7 Å². The van der Waals surface area contributed by atoms with Gasteiger partial charge in [-0.25, -0.2) is 13.5 Å². The number of piperazine rings is 1. The lowest BCUT2D eigenvalue weighted by Gasteiger charge is -2.47. The Hall–Kier alpha value is -2.85. The lowest BCUT2D eigenvalue weighted by Crippen LogP contribution is -2.64. The number of hydrogen-bond acceptors (Lipinski definition) is 6. The molecule has 2 aromatic heterocycles. The summed E-state index contributed by atoms with van der Waals surface area (Å²) in [5.41, 5.74) is 0.842. The van der Waals surface area contributed by atoms with Crippen molar-refractivity contribution >= 4 is 34.4 Å². The van der Waals surface area contributed by atoms with Crippen molar-refractivity contribution < 1.29 is 13.6 Å². The SMILES string of the molecule is O=C1CN(C2CN(c3nc(Cl)nc4c3cnn4-c3cccc(C(F)F)c3)C2)CCN1. The molecule has 2 aliphatic heterocycles. The second-order valence-corrected chi connectivity index (χ2v) is 7.72. The van der Waals surface area contributed by atoms with Crippen LogP contribution in [0, 0.1) is 0 Å². The Kier molecular flexibility index (Phi) is 4.75. The third kappa shape index (κ3) is 3.35. The molecule has 11 heteroatoms. The van der Waals surface area contributed by atoms with E-state index in [9.17, 15) is 13.6 Å². The zero-order valence-corrected chi connectivity index (χ0v) is 16.6. The van der Waals surface area contributed by atoms with Gasteiger partial charge in [-0.1, -0.05) is 12.1 Å². The summed E-state index contributed by atoms with van der Waals surface area (Å²) in [5, 5.41) is 7.93. The van der Waals surface area contributed by atoms with E-state index in [-0.39, 0.29) is 22.8 Å². The van der Waals surface area contributed by atoms with E-state index in [0.717, 1.165) is 6.54 Å². The van der Waals surface area contributed by atoms with Gasteiger partial charge in [0.05, 0.1) is 23.8 Å². The molecule has 1 N–H and O–H groups in total. The zero-order chi connectivity index (χ0) is 20.8. The van der Waals surface area contributed by atoms with Crippen molar-refractivity contribution in [2.75, 3.05) is 37.6 Å². The molecule has 1 amide bonds. The van der Waals surface area contributed by atoms with Crippen LogP contribution in [0.1, 0.15) is 12.0 Å². The molecule has 156 valence electrons. The van der Waals surface area contributed by atoms with Crippen LogP contribution in [-0.4, -0.2) is 69.3 Å². The number of halogens is 3. The van der Waals surface area contributed by atoms with E-state index in [1.807, 2.05) is 0 Å². The molecule has 3 aromatic rings. The summed E-state index contributed by atoms with van der Waals surface area (Å²) < 4.78 is 27.7. The van der Waals surface area contributed by atoms with Crippen molar-refractivity contribution in [3.8, 4) is 5.69 Å². The lowest BCUT2D eigenvalue weighted by atomic mass is 10.1. The van der Waals surface area contributed by atoms with Crippen LogP contribution in [-0.2, 0) is 4.79 Å². The molecule has 0 spiro atoms. The molecule has 1 aromatic carbocycles. The first kappa shape index (κ1) is 19.1. The van der Waals surface area contributed by atoms with Gasteiger partial charge in [0.25, 0.3) is 6.43 Å². The summed E-state index contributed by atoms with van der Waals surface area (Å²) in [6.45, 7) is 3.30. The number of nitrogens with one attached hydrogen (secondary N) is 1. The molecular weight excluding hydrogens is 416 g/mol. The molecular formula is C19H18ClF2N7O. The van der Waals surface area contributed by atoms with E-state index >= 15 is 0 Å². The van der Waals surface area contributed by atoms with Crippen LogP contribution in [0.5, 0.6) is 0 Å². The van der Waals surface area contributed by atoms with E-state index in [2.05, 4.69) is 30.2 Å². The van der Waals surface area contributed by atoms with Gasteiger partial charge >= 0.3 is 0 Å². The van der Waals surface area contributed by atoms with Crippen molar-refractivity contribution in [3.63, 3.8) is 0 Å². The van der Waals surface area contributed by atoms with Crippen LogP contribution < -0.4 is 10.2 Å². The molecule has 5 rings (SSSR count). The predicted octanol–water partition coefficient (Wildman–Crippen LogP) is 2.03. The van der Waals surface area contributed by atoms with Gasteiger partial charge in [0.2, 0.25) is 11.2 Å². The number of fused-ring (bicyclic) bond motifs is 1. The number of amides is 1. The number of alkyl halides is 2. The third-order valence-electron chi connectivity index (χ3n) is 5.49. The minimum absolute atomic E-state index is 0.0412. The average molecular weight is 434 g/mol. The first-order chi connectivity index (χ1) is 14.5. The Labute approximate surface area is 175 Å². The van der Waals surface area contributed by atoms with Gasteiger partial charge in [-0.2, -0.15) is 15.1 Å². The maximum atomic E-state index is 13.1. The molecule has 0 unspecified atom stereocenters. The van der Waals surface area contributed by atoms with Crippen LogP contribution in [0.25, 0.3) is 16.7 Å². The number of hydrogen-bond donors (Lipinski definition) is 1. The fraction of sp³-hybridized carbons (Fsp3) is 0.368. The Morgan fingerprint density at radius 2 is 2.07 bits per heavy atom. The number of anilines is 1. The van der Waals surface area contributed by atoms with Gasteiger partial charge in [-0.3, -0.25) is 9.69 Å². The second-order valence-electron chi connectivity index (χ2n) is 7.38. The average Bonchev–Trinajstić information content (AvgIpc) is 3.11. The van der Waals surface area contributed by atoms with Crippen molar-refractivity contribution in [1.82, 2.24) is 30.0 Å². The fourth-order valence-electron chi connectivity index (χ4n) is 3.92. The normalized spacial score (nSPS) is 18.1. The first-order valence-electron chi connectivity index (χ1n) is 9.55. The number of rotatable bonds is 4. The van der Waals surface area contributed by atoms with Crippen LogP contribution >= 0.6 is 11.6 Å². The van der Waals surface area contributed by atoms with Crippen molar-refractivity contribution in [2.45, 2.75) is 12.5 Å². The van der Waals surface area contributed by atoms with Crippen LogP contribution in [0.3, 0.4) is 0 Å². The maximum absolute atomic E-state index is 13.1. The Morgan fingerprint density at radius 1 is 1.23 bits per heavy atom. The van der Waals surface area contributed by atoms with E-state index < -0.39 is 6.43 Å². The van der Waals surface area contributed by atoms with Crippen LogP contribution in [0.15, 0.2) is 30.5 Å². The molecule has 2 saturated heterocycles. The quantitative estimate of drug-likeness (QED) is 0.634. The molecule has 0 saturated carbocycles. The molecule has 4 heterocycles. The molecule has 30 heavy (non-hydrogen) atoms. The summed E-state index contributed by atoms with van der Waals surface area (Å²) in [7, 11) is 0. The lowest BCUT2D eigenvalue weighted by molar-refractivity contribution is -0.125. The Balaban J connectivity index is 1.44. The summed E-state index contributed by atoms with van der Waals surface area (Å²) in [6, 6.07) is 6.26. The third-order valence-corrected chi connectivity index (χ3v) is 5.66. The maximum Gasteiger partial charge on any atom is 0.263 e. The zero-order valence-electron chi connectivity index (χ0n) is 15.8. The van der Waals surface area contributed by atoms with Crippen molar-refractivity contribution in [1.29, 1.82) is 0 Å². The molecule has 0 bridgehead atoms. The smallest absolute Gasteiger partial charge is 0.263 e. The van der Waals surface area contributed by atoms with E-state index in [1.165, 1.54) is 16.8 Å². The van der Waals surface area contributed by atoms with Crippen molar-refractivity contribution in [3.05, 3.63) is 41.3 Å². The largest absolute Gasteiger partial charge is 0.354 e. The van der Waals surface area contributed by atoms with Gasteiger partial charge in [0.1, 0.15) is 5.82 Å². The van der Waals surface area contributed by atoms with E-state index in [4.69, 9.17) is 11.6 Å². The van der Waals surface area contributed by atoms with E-state index in [1.54, 1.807) is 18.3 Å². The predicted molar refractivity (Wildman–Crippen MR) is 107 cm³/mol. The Morgan fingerprint density at radius 3 is 2.83 bits per heavy atom. The minimum Gasteiger partial charge on any atom is -0.354 e. The monoisotopic (exact) mass is 433 g/mol. The number of aromatic nitrogens is 4. The molecule has 2 fully saturated rings. The highest BCUT2D eigenvalue weighted by atomic mass is 35.5. The highest BCUT2D eigenvalue weighted by Gasteiger charge is 2.36. The molecule has 8 nitrogen and oxygen atoms in total. The van der Waals surface area contributed by atoms with Gasteiger partial charge in [0.15, 0.2) is 5.65 Å². The second kappa shape index (κ2) is 7.44. The number of nitrogens with zero attached hydrogens (tertiary/aromatic N) is 6. The van der Waals surface area contributed by atoms with E-state index in [0.29, 0.717) is 48.7 Å². The molecule has 0 radical (unpaired) electrons. The summed E-state index contributed by atoms with van der Waals surface area (Å²) in [4.78, 5) is 24.5. The van der Waals surface area contributed by atoms with Gasteiger partial charge in [0, 0.05) is 37.8 Å². The van der Waals surface area contributed by atoms with Crippen LogP contribution in [0.2, 0.25) is 5.28 Å². The molecule has 0 atom stereocenters.